The van der Waals surface area contributed by atoms with Crippen molar-refractivity contribution in [3.8, 4) is 5.75 Å². The lowest BCUT2D eigenvalue weighted by atomic mass is 10.1. The molecule has 0 aliphatic rings. The van der Waals surface area contributed by atoms with Gasteiger partial charge in [0, 0.05) is 6.54 Å². The average Bonchev–Trinajstić information content (AvgIpc) is 2.40. The van der Waals surface area contributed by atoms with Crippen LogP contribution in [0.4, 0.5) is 0 Å². The summed E-state index contributed by atoms with van der Waals surface area (Å²) in [6.45, 7) is 6.23. The molecule has 0 aliphatic heterocycles. The van der Waals surface area contributed by atoms with Crippen LogP contribution < -0.4 is 10.1 Å². The number of rotatable bonds is 10. The summed E-state index contributed by atoms with van der Waals surface area (Å²) in [6, 6.07) is 7.61. The lowest BCUT2D eigenvalue weighted by Crippen LogP contribution is -2.29. The van der Waals surface area contributed by atoms with Gasteiger partial charge in [-0.05, 0) is 32.0 Å². The highest BCUT2D eigenvalue weighted by Crippen LogP contribution is 2.23. The summed E-state index contributed by atoms with van der Waals surface area (Å²) in [5, 5.41) is 4.11. The largest absolute Gasteiger partial charge is 0.488 e. The molecule has 0 radical (unpaired) electrons. The van der Waals surface area contributed by atoms with Gasteiger partial charge in [0.25, 0.3) is 0 Å². The highest BCUT2D eigenvalue weighted by Gasteiger charge is 2.06. The first-order valence-electron chi connectivity index (χ1n) is 7.36. The van der Waals surface area contributed by atoms with Crippen LogP contribution >= 0.6 is 11.6 Å². The van der Waals surface area contributed by atoms with Crippen LogP contribution in [-0.2, 0) is 0 Å². The normalized spacial score (nSPS) is 12.4. The zero-order chi connectivity index (χ0) is 13.9. The number of hydrogen-bond acceptors (Lipinski definition) is 2. The van der Waals surface area contributed by atoms with Gasteiger partial charge in [0.1, 0.15) is 11.9 Å². The molecule has 1 unspecified atom stereocenters. The van der Waals surface area contributed by atoms with Crippen LogP contribution in [0.15, 0.2) is 24.3 Å². The van der Waals surface area contributed by atoms with Crippen LogP contribution in [0.3, 0.4) is 0 Å². The van der Waals surface area contributed by atoms with E-state index >= 15 is 0 Å². The van der Waals surface area contributed by atoms with Gasteiger partial charge < -0.3 is 10.1 Å². The smallest absolute Gasteiger partial charge is 0.138 e. The molecule has 0 aromatic heterocycles. The summed E-state index contributed by atoms with van der Waals surface area (Å²) in [4.78, 5) is 0. The van der Waals surface area contributed by atoms with Crippen LogP contribution in [0.2, 0.25) is 5.02 Å². The van der Waals surface area contributed by atoms with Crippen molar-refractivity contribution in [2.75, 3.05) is 13.1 Å². The number of halogens is 1. The Hall–Kier alpha value is -0.730. The van der Waals surface area contributed by atoms with Gasteiger partial charge in [-0.15, -0.1) is 0 Å². The molecule has 0 saturated carbocycles. The third-order valence-corrected chi connectivity index (χ3v) is 3.37. The molecule has 0 spiro atoms. The zero-order valence-electron chi connectivity index (χ0n) is 12.1. The topological polar surface area (TPSA) is 21.3 Å². The predicted octanol–water partition coefficient (Wildman–Crippen LogP) is 4.67. The monoisotopic (exact) mass is 283 g/mol. The van der Waals surface area contributed by atoms with E-state index in [1.165, 1.54) is 32.1 Å². The Labute approximate surface area is 122 Å². The Balaban J connectivity index is 2.08. The average molecular weight is 284 g/mol. The Morgan fingerprint density at radius 2 is 1.89 bits per heavy atom. The molecule has 19 heavy (non-hydrogen) atoms. The fourth-order valence-electron chi connectivity index (χ4n) is 1.96. The maximum atomic E-state index is 6.06. The van der Waals surface area contributed by atoms with E-state index in [1.807, 2.05) is 24.3 Å². The number of benzene rings is 1. The first-order valence-corrected chi connectivity index (χ1v) is 7.73. The molecule has 0 amide bonds. The SMILES string of the molecule is CCCCCCCNCC(C)Oc1ccccc1Cl. The summed E-state index contributed by atoms with van der Waals surface area (Å²) >= 11 is 6.06. The Morgan fingerprint density at radius 3 is 2.63 bits per heavy atom. The van der Waals surface area contributed by atoms with E-state index in [0.29, 0.717) is 5.02 Å². The molecule has 0 aliphatic carbocycles. The van der Waals surface area contributed by atoms with E-state index in [-0.39, 0.29) is 6.10 Å². The van der Waals surface area contributed by atoms with Crippen LogP contribution in [-0.4, -0.2) is 19.2 Å². The maximum Gasteiger partial charge on any atom is 0.138 e. The van der Waals surface area contributed by atoms with Gasteiger partial charge in [0.15, 0.2) is 0 Å². The van der Waals surface area contributed by atoms with Gasteiger partial charge in [0.05, 0.1) is 5.02 Å². The number of nitrogens with one attached hydrogen (secondary N) is 1. The molecule has 108 valence electrons. The fourth-order valence-corrected chi connectivity index (χ4v) is 2.14. The van der Waals surface area contributed by atoms with E-state index in [0.717, 1.165) is 18.8 Å². The molecule has 1 N–H and O–H groups in total. The first kappa shape index (κ1) is 16.3. The van der Waals surface area contributed by atoms with E-state index in [1.54, 1.807) is 0 Å². The predicted molar refractivity (Wildman–Crippen MR) is 83.2 cm³/mol. The summed E-state index contributed by atoms with van der Waals surface area (Å²) in [6.07, 6.45) is 6.71. The van der Waals surface area contributed by atoms with Crippen molar-refractivity contribution in [1.82, 2.24) is 5.32 Å². The molecule has 1 rings (SSSR count). The van der Waals surface area contributed by atoms with Crippen molar-refractivity contribution in [2.45, 2.75) is 52.1 Å². The van der Waals surface area contributed by atoms with E-state index in [2.05, 4.69) is 19.2 Å². The standard InChI is InChI=1S/C16H26ClNO/c1-3-4-5-6-9-12-18-13-14(2)19-16-11-8-7-10-15(16)17/h7-8,10-11,14,18H,3-6,9,12-13H2,1-2H3. The van der Waals surface area contributed by atoms with Crippen LogP contribution in [0.25, 0.3) is 0 Å². The van der Waals surface area contributed by atoms with Crippen molar-refractivity contribution in [2.24, 2.45) is 0 Å². The van der Waals surface area contributed by atoms with E-state index < -0.39 is 0 Å². The molecular weight excluding hydrogens is 258 g/mol. The van der Waals surface area contributed by atoms with Gasteiger partial charge in [0.2, 0.25) is 0 Å². The zero-order valence-corrected chi connectivity index (χ0v) is 12.9. The van der Waals surface area contributed by atoms with E-state index in [9.17, 15) is 0 Å². The number of para-hydroxylation sites is 1. The van der Waals surface area contributed by atoms with Crippen LogP contribution in [0, 0.1) is 0 Å². The second-order valence-electron chi connectivity index (χ2n) is 4.98. The molecule has 0 saturated heterocycles. The molecule has 0 bridgehead atoms. The Bertz CT molecular complexity index is 343. The summed E-state index contributed by atoms with van der Waals surface area (Å²) in [5.41, 5.74) is 0. The minimum Gasteiger partial charge on any atom is -0.488 e. The molecular formula is C16H26ClNO. The molecule has 1 aromatic rings. The minimum atomic E-state index is 0.135. The number of hydrogen-bond donors (Lipinski definition) is 1. The van der Waals surface area contributed by atoms with Crippen molar-refractivity contribution in [1.29, 1.82) is 0 Å². The summed E-state index contributed by atoms with van der Waals surface area (Å²) < 4.78 is 5.80. The van der Waals surface area contributed by atoms with Crippen molar-refractivity contribution < 1.29 is 4.74 Å². The first-order chi connectivity index (χ1) is 9.24. The molecule has 2 nitrogen and oxygen atoms in total. The fraction of sp³-hybridized carbons (Fsp3) is 0.625. The van der Waals surface area contributed by atoms with Crippen LogP contribution in [0.5, 0.6) is 5.75 Å². The van der Waals surface area contributed by atoms with Crippen LogP contribution in [0.1, 0.15) is 46.0 Å². The van der Waals surface area contributed by atoms with Gasteiger partial charge >= 0.3 is 0 Å². The highest BCUT2D eigenvalue weighted by molar-refractivity contribution is 6.32. The van der Waals surface area contributed by atoms with Crippen molar-refractivity contribution >= 4 is 11.6 Å². The number of unbranched alkanes of at least 4 members (excludes halogenated alkanes) is 4. The van der Waals surface area contributed by atoms with Gasteiger partial charge in [-0.3, -0.25) is 0 Å². The van der Waals surface area contributed by atoms with Crippen molar-refractivity contribution in [3.05, 3.63) is 29.3 Å². The lowest BCUT2D eigenvalue weighted by molar-refractivity contribution is 0.217. The quantitative estimate of drug-likeness (QED) is 0.630. The second kappa shape index (κ2) is 10.1. The summed E-state index contributed by atoms with van der Waals surface area (Å²) in [7, 11) is 0. The Kier molecular flexibility index (Phi) is 8.68. The molecule has 1 aromatic carbocycles. The minimum absolute atomic E-state index is 0.135. The third kappa shape index (κ3) is 7.44. The molecule has 1 atom stereocenters. The molecule has 3 heteroatoms. The van der Waals surface area contributed by atoms with E-state index in [4.69, 9.17) is 16.3 Å². The Morgan fingerprint density at radius 1 is 1.16 bits per heavy atom. The summed E-state index contributed by atoms with van der Waals surface area (Å²) in [5.74, 6) is 0.765. The van der Waals surface area contributed by atoms with Crippen molar-refractivity contribution in [3.63, 3.8) is 0 Å². The van der Waals surface area contributed by atoms with Gasteiger partial charge in [-0.25, -0.2) is 0 Å². The molecule has 0 fully saturated rings. The highest BCUT2D eigenvalue weighted by atomic mass is 35.5. The third-order valence-electron chi connectivity index (χ3n) is 3.05. The van der Waals surface area contributed by atoms with Gasteiger partial charge in [-0.1, -0.05) is 56.3 Å². The second-order valence-corrected chi connectivity index (χ2v) is 5.38. The van der Waals surface area contributed by atoms with Gasteiger partial charge in [-0.2, -0.15) is 0 Å². The maximum absolute atomic E-state index is 6.06. The number of ether oxygens (including phenoxy) is 1. The lowest BCUT2D eigenvalue weighted by Gasteiger charge is -2.16. The molecule has 0 heterocycles.